The van der Waals surface area contributed by atoms with Crippen LogP contribution in [0.1, 0.15) is 17.5 Å². The van der Waals surface area contributed by atoms with E-state index in [1.807, 2.05) is 23.1 Å². The number of benzene rings is 2. The number of carbonyl (C=O) groups excluding carboxylic acids is 1. The lowest BCUT2D eigenvalue weighted by Gasteiger charge is -2.17. The summed E-state index contributed by atoms with van der Waals surface area (Å²) in [5, 5.41) is 9.26. The maximum atomic E-state index is 12.5. The maximum Gasteiger partial charge on any atom is 0.260 e. The van der Waals surface area contributed by atoms with Gasteiger partial charge in [0.1, 0.15) is 5.75 Å². The molecule has 0 spiro atoms. The summed E-state index contributed by atoms with van der Waals surface area (Å²) in [6.07, 6.45) is 1.90. The van der Waals surface area contributed by atoms with E-state index in [9.17, 15) is 9.90 Å². The Balaban J connectivity index is 1.27. The minimum absolute atomic E-state index is 0.000671. The van der Waals surface area contributed by atoms with Crippen molar-refractivity contribution in [2.24, 2.45) is 5.92 Å². The summed E-state index contributed by atoms with van der Waals surface area (Å²) in [6, 6.07) is 13.3. The highest BCUT2D eigenvalue weighted by Gasteiger charge is 2.26. The number of aliphatic hydroxyl groups excluding tert-OH is 1. The number of hydrogen-bond acceptors (Lipinski definition) is 5. The molecule has 0 aliphatic carbocycles. The van der Waals surface area contributed by atoms with Crippen LogP contribution in [-0.4, -0.2) is 42.4 Å². The lowest BCUT2D eigenvalue weighted by molar-refractivity contribution is -0.132. The number of ether oxygens (including phenoxy) is 3. The summed E-state index contributed by atoms with van der Waals surface area (Å²) in [6.45, 7) is 1.79. The molecule has 142 valence electrons. The molecule has 0 aromatic heterocycles. The van der Waals surface area contributed by atoms with Gasteiger partial charge in [-0.05, 0) is 42.0 Å². The van der Waals surface area contributed by atoms with Gasteiger partial charge < -0.3 is 24.2 Å². The second-order valence-electron chi connectivity index (χ2n) is 6.98. The molecule has 6 nitrogen and oxygen atoms in total. The Kier molecular flexibility index (Phi) is 5.16. The summed E-state index contributed by atoms with van der Waals surface area (Å²) in [7, 11) is 0. The molecule has 1 unspecified atom stereocenters. The summed E-state index contributed by atoms with van der Waals surface area (Å²) >= 11 is 0. The summed E-state index contributed by atoms with van der Waals surface area (Å²) in [5.41, 5.74) is 2.13. The molecule has 2 heterocycles. The lowest BCUT2D eigenvalue weighted by Crippen LogP contribution is -2.33. The first-order valence-electron chi connectivity index (χ1n) is 9.20. The van der Waals surface area contributed by atoms with E-state index in [2.05, 4.69) is 6.07 Å². The standard InChI is InChI=1S/C21H23NO5/c23-12-17-3-1-2-15(9-17)8-16-6-7-22(11-16)21(24)13-25-18-4-5-19-20(10-18)27-14-26-19/h1-5,9-10,16,23H,6-8,11-14H2. The predicted molar refractivity (Wildman–Crippen MR) is 98.8 cm³/mol. The number of fused-ring (bicyclic) bond motifs is 1. The van der Waals surface area contributed by atoms with Crippen LogP contribution in [0, 0.1) is 5.92 Å². The number of aliphatic hydroxyl groups is 1. The fraction of sp³-hybridized carbons (Fsp3) is 0.381. The van der Waals surface area contributed by atoms with Gasteiger partial charge in [-0.15, -0.1) is 0 Å². The van der Waals surface area contributed by atoms with Crippen LogP contribution in [0.4, 0.5) is 0 Å². The Hall–Kier alpha value is -2.73. The van der Waals surface area contributed by atoms with Crippen LogP contribution in [0.15, 0.2) is 42.5 Å². The molecular formula is C21H23NO5. The fourth-order valence-electron chi connectivity index (χ4n) is 3.62. The van der Waals surface area contributed by atoms with E-state index in [4.69, 9.17) is 14.2 Å². The molecule has 4 rings (SSSR count). The Bertz CT molecular complexity index is 822. The number of likely N-dealkylation sites (tertiary alicyclic amines) is 1. The number of carbonyl (C=O) groups is 1. The zero-order chi connectivity index (χ0) is 18.6. The third-order valence-corrected chi connectivity index (χ3v) is 5.04. The molecule has 1 fully saturated rings. The van der Waals surface area contributed by atoms with Crippen LogP contribution >= 0.6 is 0 Å². The molecule has 2 aliphatic heterocycles. The quantitative estimate of drug-likeness (QED) is 0.847. The minimum atomic E-state index is -0.000671. The van der Waals surface area contributed by atoms with E-state index < -0.39 is 0 Å². The highest BCUT2D eigenvalue weighted by Crippen LogP contribution is 2.35. The number of amides is 1. The third kappa shape index (κ3) is 4.17. The first-order valence-corrected chi connectivity index (χ1v) is 9.20. The van der Waals surface area contributed by atoms with Crippen molar-refractivity contribution < 1.29 is 24.1 Å². The zero-order valence-corrected chi connectivity index (χ0v) is 15.1. The lowest BCUT2D eigenvalue weighted by atomic mass is 9.97. The van der Waals surface area contributed by atoms with E-state index in [1.165, 1.54) is 5.56 Å². The van der Waals surface area contributed by atoms with Gasteiger partial charge >= 0.3 is 0 Å². The molecule has 1 atom stereocenters. The van der Waals surface area contributed by atoms with Gasteiger partial charge in [0, 0.05) is 19.2 Å². The monoisotopic (exact) mass is 369 g/mol. The van der Waals surface area contributed by atoms with Crippen molar-refractivity contribution in [3.8, 4) is 17.2 Å². The fourth-order valence-corrected chi connectivity index (χ4v) is 3.62. The van der Waals surface area contributed by atoms with Crippen molar-refractivity contribution >= 4 is 5.91 Å². The third-order valence-electron chi connectivity index (χ3n) is 5.04. The number of rotatable bonds is 6. The first kappa shape index (κ1) is 17.7. The highest BCUT2D eigenvalue weighted by atomic mass is 16.7. The summed E-state index contributed by atoms with van der Waals surface area (Å²) in [5.74, 6) is 2.38. The van der Waals surface area contributed by atoms with E-state index in [0.29, 0.717) is 23.2 Å². The summed E-state index contributed by atoms with van der Waals surface area (Å²) in [4.78, 5) is 14.3. The summed E-state index contributed by atoms with van der Waals surface area (Å²) < 4.78 is 16.2. The van der Waals surface area contributed by atoms with Crippen LogP contribution in [0.5, 0.6) is 17.2 Å². The minimum Gasteiger partial charge on any atom is -0.484 e. The Labute approximate surface area is 158 Å². The van der Waals surface area contributed by atoms with Gasteiger partial charge in [0.2, 0.25) is 6.79 Å². The van der Waals surface area contributed by atoms with Crippen LogP contribution in [-0.2, 0) is 17.8 Å². The largest absolute Gasteiger partial charge is 0.484 e. The molecule has 1 amide bonds. The smallest absolute Gasteiger partial charge is 0.260 e. The molecule has 2 aromatic carbocycles. The van der Waals surface area contributed by atoms with E-state index >= 15 is 0 Å². The number of nitrogens with zero attached hydrogens (tertiary/aromatic N) is 1. The van der Waals surface area contributed by atoms with Crippen molar-refractivity contribution in [3.63, 3.8) is 0 Å². The van der Waals surface area contributed by atoms with Crippen molar-refractivity contribution in [1.82, 2.24) is 4.90 Å². The predicted octanol–water partition coefficient (Wildman–Crippen LogP) is 2.38. The molecule has 27 heavy (non-hydrogen) atoms. The van der Waals surface area contributed by atoms with Crippen molar-refractivity contribution in [2.75, 3.05) is 26.5 Å². The topological polar surface area (TPSA) is 68.2 Å². The Morgan fingerprint density at radius 1 is 1.15 bits per heavy atom. The van der Waals surface area contributed by atoms with Gasteiger partial charge in [-0.3, -0.25) is 4.79 Å². The van der Waals surface area contributed by atoms with E-state index in [0.717, 1.165) is 31.5 Å². The van der Waals surface area contributed by atoms with Gasteiger partial charge in [0.25, 0.3) is 5.91 Å². The molecular weight excluding hydrogens is 346 g/mol. The molecule has 2 aromatic rings. The van der Waals surface area contributed by atoms with Crippen molar-refractivity contribution in [3.05, 3.63) is 53.6 Å². The zero-order valence-electron chi connectivity index (χ0n) is 15.1. The second kappa shape index (κ2) is 7.88. The molecule has 6 heteroatoms. The molecule has 2 aliphatic rings. The molecule has 1 saturated heterocycles. The number of hydrogen-bond donors (Lipinski definition) is 1. The molecule has 0 saturated carbocycles. The van der Waals surface area contributed by atoms with Crippen LogP contribution in [0.2, 0.25) is 0 Å². The van der Waals surface area contributed by atoms with Crippen LogP contribution in [0.25, 0.3) is 0 Å². The molecule has 0 radical (unpaired) electrons. The van der Waals surface area contributed by atoms with E-state index in [1.54, 1.807) is 18.2 Å². The van der Waals surface area contributed by atoms with Crippen LogP contribution < -0.4 is 14.2 Å². The van der Waals surface area contributed by atoms with Gasteiger partial charge in [-0.2, -0.15) is 0 Å². The first-order chi connectivity index (χ1) is 13.2. The van der Waals surface area contributed by atoms with Crippen LogP contribution in [0.3, 0.4) is 0 Å². The van der Waals surface area contributed by atoms with Crippen molar-refractivity contribution in [2.45, 2.75) is 19.4 Å². The van der Waals surface area contributed by atoms with E-state index in [-0.39, 0.29) is 25.9 Å². The maximum absolute atomic E-state index is 12.5. The average Bonchev–Trinajstić information content (AvgIpc) is 3.35. The van der Waals surface area contributed by atoms with Gasteiger partial charge in [-0.25, -0.2) is 0 Å². The SMILES string of the molecule is O=C(COc1ccc2c(c1)OCO2)N1CCC(Cc2cccc(CO)c2)C1. The van der Waals surface area contributed by atoms with Gasteiger partial charge in [0.15, 0.2) is 18.1 Å². The van der Waals surface area contributed by atoms with Gasteiger partial charge in [0.05, 0.1) is 6.61 Å². The Morgan fingerprint density at radius 3 is 2.89 bits per heavy atom. The second-order valence-corrected chi connectivity index (χ2v) is 6.98. The van der Waals surface area contributed by atoms with Gasteiger partial charge in [-0.1, -0.05) is 24.3 Å². The average molecular weight is 369 g/mol. The van der Waals surface area contributed by atoms with Crippen molar-refractivity contribution in [1.29, 1.82) is 0 Å². The Morgan fingerprint density at radius 2 is 2.00 bits per heavy atom. The normalized spacial score (nSPS) is 18.0. The highest BCUT2D eigenvalue weighted by molar-refractivity contribution is 5.78. The molecule has 1 N–H and O–H groups in total. The molecule has 0 bridgehead atoms.